The number of fused-ring (bicyclic) bond motifs is 2. The molecule has 0 aromatic carbocycles. The number of pyridine rings is 1. The molecular formula is C19H21N7O. The van der Waals surface area contributed by atoms with Crippen molar-refractivity contribution in [2.24, 2.45) is 0 Å². The molecule has 1 atom stereocenters. The van der Waals surface area contributed by atoms with Crippen LogP contribution in [0.2, 0.25) is 0 Å². The number of morpholine rings is 1. The Morgan fingerprint density at radius 3 is 3.04 bits per heavy atom. The molecule has 0 unspecified atom stereocenters. The van der Waals surface area contributed by atoms with Crippen molar-refractivity contribution in [3.05, 3.63) is 30.7 Å². The van der Waals surface area contributed by atoms with Gasteiger partial charge in [0, 0.05) is 36.4 Å². The van der Waals surface area contributed by atoms with Crippen LogP contribution >= 0.6 is 0 Å². The van der Waals surface area contributed by atoms with E-state index < -0.39 is 0 Å². The summed E-state index contributed by atoms with van der Waals surface area (Å²) >= 11 is 0. The van der Waals surface area contributed by atoms with E-state index in [0.717, 1.165) is 46.5 Å². The molecular weight excluding hydrogens is 342 g/mol. The zero-order valence-corrected chi connectivity index (χ0v) is 15.4. The van der Waals surface area contributed by atoms with Crippen molar-refractivity contribution >= 4 is 27.9 Å². The predicted molar refractivity (Wildman–Crippen MR) is 104 cm³/mol. The summed E-state index contributed by atoms with van der Waals surface area (Å²) in [5.41, 5.74) is 2.66. The lowest BCUT2D eigenvalue weighted by molar-refractivity contribution is 0.0987. The van der Waals surface area contributed by atoms with Crippen molar-refractivity contribution < 1.29 is 4.74 Å². The van der Waals surface area contributed by atoms with Gasteiger partial charge in [-0.2, -0.15) is 5.10 Å². The number of aromatic nitrogens is 6. The van der Waals surface area contributed by atoms with Crippen LogP contribution in [0, 0.1) is 0 Å². The van der Waals surface area contributed by atoms with Crippen LogP contribution in [0.25, 0.3) is 33.5 Å². The van der Waals surface area contributed by atoms with Gasteiger partial charge < -0.3 is 14.6 Å². The Morgan fingerprint density at radius 1 is 1.26 bits per heavy atom. The second kappa shape index (κ2) is 6.31. The number of hydrogen-bond acceptors (Lipinski definition) is 6. The van der Waals surface area contributed by atoms with E-state index >= 15 is 0 Å². The summed E-state index contributed by atoms with van der Waals surface area (Å²) in [5, 5.41) is 6.51. The minimum atomic E-state index is 0.249. The third-order valence-corrected chi connectivity index (χ3v) is 5.12. The first-order valence-electron chi connectivity index (χ1n) is 9.26. The van der Waals surface area contributed by atoms with E-state index in [-0.39, 0.29) is 6.04 Å². The molecule has 0 spiro atoms. The number of anilines is 1. The molecule has 1 N–H and O–H groups in total. The first kappa shape index (κ1) is 16.2. The summed E-state index contributed by atoms with van der Waals surface area (Å²) in [7, 11) is 0. The van der Waals surface area contributed by atoms with E-state index in [1.165, 1.54) is 0 Å². The van der Waals surface area contributed by atoms with E-state index in [4.69, 9.17) is 14.7 Å². The fourth-order valence-electron chi connectivity index (χ4n) is 3.71. The van der Waals surface area contributed by atoms with Gasteiger partial charge in [0.05, 0.1) is 30.8 Å². The Balaban J connectivity index is 1.77. The smallest absolute Gasteiger partial charge is 0.164 e. The number of H-pyrrole nitrogens is 1. The van der Waals surface area contributed by atoms with Crippen molar-refractivity contribution in [3.63, 3.8) is 0 Å². The molecule has 5 rings (SSSR count). The van der Waals surface area contributed by atoms with Crippen molar-refractivity contribution in [1.82, 2.24) is 29.7 Å². The first-order valence-corrected chi connectivity index (χ1v) is 9.26. The van der Waals surface area contributed by atoms with Crippen LogP contribution < -0.4 is 4.90 Å². The lowest BCUT2D eigenvalue weighted by Gasteiger charge is -2.34. The SMILES string of the molecule is CCn1ncc2c(N3CCOC[C@H]3C)nc(-c3ccnc4[nH]ccc34)nc21. The summed E-state index contributed by atoms with van der Waals surface area (Å²) in [6, 6.07) is 4.23. The predicted octanol–water partition coefficient (Wildman–Crippen LogP) is 2.61. The number of aryl methyl sites for hydroxylation is 1. The summed E-state index contributed by atoms with van der Waals surface area (Å²) in [5.74, 6) is 1.62. The lowest BCUT2D eigenvalue weighted by atomic mass is 10.1. The van der Waals surface area contributed by atoms with Crippen LogP contribution in [-0.4, -0.2) is 55.5 Å². The molecule has 0 amide bonds. The van der Waals surface area contributed by atoms with Crippen molar-refractivity contribution in [2.75, 3.05) is 24.7 Å². The zero-order chi connectivity index (χ0) is 18.4. The van der Waals surface area contributed by atoms with Crippen molar-refractivity contribution in [1.29, 1.82) is 0 Å². The van der Waals surface area contributed by atoms with E-state index in [1.54, 1.807) is 6.20 Å². The van der Waals surface area contributed by atoms with Crippen LogP contribution in [0.1, 0.15) is 13.8 Å². The molecule has 0 aliphatic carbocycles. The van der Waals surface area contributed by atoms with Crippen LogP contribution in [-0.2, 0) is 11.3 Å². The standard InChI is InChI=1S/C19H21N7O/c1-3-26-19-15(10-22-26)18(25-8-9-27-11-12(25)2)23-17(24-19)14-5-7-21-16-13(14)4-6-20-16/h4-7,10,12H,3,8-9,11H2,1-2H3,(H,20,21)/t12-/m1/s1. The Labute approximate surface area is 156 Å². The molecule has 0 radical (unpaired) electrons. The third-order valence-electron chi connectivity index (χ3n) is 5.12. The normalized spacial score (nSPS) is 17.9. The molecule has 138 valence electrons. The molecule has 8 heteroatoms. The molecule has 1 fully saturated rings. The van der Waals surface area contributed by atoms with Crippen molar-refractivity contribution in [3.8, 4) is 11.4 Å². The molecule has 1 saturated heterocycles. The molecule has 27 heavy (non-hydrogen) atoms. The van der Waals surface area contributed by atoms with Crippen LogP contribution in [0.4, 0.5) is 5.82 Å². The van der Waals surface area contributed by atoms with E-state index in [1.807, 2.05) is 29.2 Å². The largest absolute Gasteiger partial charge is 0.377 e. The molecule has 5 heterocycles. The van der Waals surface area contributed by atoms with E-state index in [9.17, 15) is 0 Å². The zero-order valence-electron chi connectivity index (χ0n) is 15.4. The highest BCUT2D eigenvalue weighted by atomic mass is 16.5. The van der Waals surface area contributed by atoms with Gasteiger partial charge in [0.1, 0.15) is 11.5 Å². The maximum atomic E-state index is 5.62. The van der Waals surface area contributed by atoms with Crippen molar-refractivity contribution in [2.45, 2.75) is 26.4 Å². The van der Waals surface area contributed by atoms with E-state index in [2.05, 4.69) is 33.8 Å². The van der Waals surface area contributed by atoms with Gasteiger partial charge in [0.2, 0.25) is 0 Å². The maximum absolute atomic E-state index is 5.62. The quantitative estimate of drug-likeness (QED) is 0.602. The van der Waals surface area contributed by atoms with E-state index in [0.29, 0.717) is 19.0 Å². The van der Waals surface area contributed by atoms with Gasteiger partial charge in [-0.25, -0.2) is 19.6 Å². The highest BCUT2D eigenvalue weighted by Crippen LogP contribution is 2.31. The van der Waals surface area contributed by atoms with Crippen LogP contribution in [0.5, 0.6) is 0 Å². The lowest BCUT2D eigenvalue weighted by Crippen LogP contribution is -2.44. The van der Waals surface area contributed by atoms with Gasteiger partial charge in [-0.15, -0.1) is 0 Å². The third kappa shape index (κ3) is 2.56. The van der Waals surface area contributed by atoms with Gasteiger partial charge in [-0.05, 0) is 26.0 Å². The molecule has 8 nitrogen and oxygen atoms in total. The van der Waals surface area contributed by atoms with Gasteiger partial charge in [0.15, 0.2) is 11.5 Å². The second-order valence-electron chi connectivity index (χ2n) is 6.78. The Kier molecular flexibility index (Phi) is 3.78. The number of ether oxygens (including phenoxy) is 1. The minimum absolute atomic E-state index is 0.249. The minimum Gasteiger partial charge on any atom is -0.377 e. The fourth-order valence-corrected chi connectivity index (χ4v) is 3.71. The van der Waals surface area contributed by atoms with Gasteiger partial charge in [-0.1, -0.05) is 0 Å². The molecule has 0 bridgehead atoms. The van der Waals surface area contributed by atoms with Gasteiger partial charge in [0.25, 0.3) is 0 Å². The van der Waals surface area contributed by atoms with Crippen LogP contribution in [0.15, 0.2) is 30.7 Å². The summed E-state index contributed by atoms with van der Waals surface area (Å²) < 4.78 is 7.54. The van der Waals surface area contributed by atoms with Crippen LogP contribution in [0.3, 0.4) is 0 Å². The monoisotopic (exact) mass is 363 g/mol. The molecule has 1 aliphatic rings. The summed E-state index contributed by atoms with van der Waals surface area (Å²) in [6.07, 6.45) is 5.55. The summed E-state index contributed by atoms with van der Waals surface area (Å²) in [4.78, 5) is 19.7. The number of aromatic amines is 1. The first-order chi connectivity index (χ1) is 13.3. The highest BCUT2D eigenvalue weighted by Gasteiger charge is 2.25. The average molecular weight is 363 g/mol. The Morgan fingerprint density at radius 2 is 2.19 bits per heavy atom. The molecule has 0 saturated carbocycles. The Bertz CT molecular complexity index is 1120. The number of nitrogens with zero attached hydrogens (tertiary/aromatic N) is 6. The van der Waals surface area contributed by atoms with Gasteiger partial charge in [-0.3, -0.25) is 0 Å². The van der Waals surface area contributed by atoms with Gasteiger partial charge >= 0.3 is 0 Å². The highest BCUT2D eigenvalue weighted by molar-refractivity contribution is 5.94. The second-order valence-corrected chi connectivity index (χ2v) is 6.78. The Hall–Kier alpha value is -3.00. The maximum Gasteiger partial charge on any atom is 0.164 e. The molecule has 1 aliphatic heterocycles. The summed E-state index contributed by atoms with van der Waals surface area (Å²) in [6.45, 7) is 7.19. The number of hydrogen-bond donors (Lipinski definition) is 1. The average Bonchev–Trinajstić information content (AvgIpc) is 3.34. The fraction of sp³-hybridized carbons (Fsp3) is 0.368. The number of nitrogens with one attached hydrogen (secondary N) is 1. The number of rotatable bonds is 3. The molecule has 4 aromatic rings. The topological polar surface area (TPSA) is 84.8 Å². The molecule has 4 aromatic heterocycles.